The highest BCUT2D eigenvalue weighted by molar-refractivity contribution is 9.10. The molecule has 0 fully saturated rings. The molecule has 0 aliphatic heterocycles. The van der Waals surface area contributed by atoms with Gasteiger partial charge in [0.2, 0.25) is 0 Å². The molecule has 0 bridgehead atoms. The number of benzene rings is 1. The predicted molar refractivity (Wildman–Crippen MR) is 98.5 cm³/mol. The molecule has 0 amide bonds. The summed E-state index contributed by atoms with van der Waals surface area (Å²) in [5, 5.41) is 18.8. The third-order valence-corrected chi connectivity index (χ3v) is 3.77. The molecule has 25 heavy (non-hydrogen) atoms. The number of hydrogen-bond acceptors (Lipinski definition) is 5. The smallest absolute Gasteiger partial charge is 0.414 e. The monoisotopic (exact) mass is 439 g/mol. The summed E-state index contributed by atoms with van der Waals surface area (Å²) in [6.45, 7) is 7.02. The standard InChI is InChI=1S/C14H21BrClNO2.C2H2O4/c1-3-11(2)17-6-7-18-8-9-19-14-5-4-12(16)10-13(14)15;3-1(4)2(5)6/h4-5,10-11,17H,3,6-9H2,1-2H3;(H,3,4)(H,5,6). The molecule has 0 aromatic heterocycles. The van der Waals surface area contributed by atoms with Gasteiger partial charge in [-0.15, -0.1) is 0 Å². The van der Waals surface area contributed by atoms with Crippen molar-refractivity contribution < 1.29 is 29.3 Å². The molecule has 1 aromatic rings. The van der Waals surface area contributed by atoms with E-state index < -0.39 is 11.9 Å². The highest BCUT2D eigenvalue weighted by Crippen LogP contribution is 2.27. The number of rotatable bonds is 9. The molecule has 0 saturated carbocycles. The molecule has 0 aliphatic rings. The fraction of sp³-hybridized carbons (Fsp3) is 0.500. The lowest BCUT2D eigenvalue weighted by Gasteiger charge is -2.12. The Bertz CT molecular complexity index is 531. The van der Waals surface area contributed by atoms with Gasteiger partial charge in [0.05, 0.1) is 17.7 Å². The minimum absolute atomic E-state index is 0.531. The molecule has 1 atom stereocenters. The van der Waals surface area contributed by atoms with E-state index in [0.717, 1.165) is 23.2 Å². The number of carboxylic acid groups (broad SMARTS) is 2. The molecule has 3 N–H and O–H groups in total. The molecule has 0 heterocycles. The van der Waals surface area contributed by atoms with Crippen LogP contribution >= 0.6 is 27.5 Å². The van der Waals surface area contributed by atoms with Crippen molar-refractivity contribution in [3.8, 4) is 5.75 Å². The average molecular weight is 441 g/mol. The van der Waals surface area contributed by atoms with Crippen LogP contribution in [-0.4, -0.2) is 54.6 Å². The van der Waals surface area contributed by atoms with Gasteiger partial charge in [0.15, 0.2) is 0 Å². The highest BCUT2D eigenvalue weighted by atomic mass is 79.9. The normalized spacial score (nSPS) is 11.2. The van der Waals surface area contributed by atoms with Gasteiger partial charge in [0.1, 0.15) is 12.4 Å². The van der Waals surface area contributed by atoms with Crippen LogP contribution in [0.2, 0.25) is 5.02 Å². The maximum atomic E-state index is 9.10. The van der Waals surface area contributed by atoms with Gasteiger partial charge in [-0.05, 0) is 47.5 Å². The van der Waals surface area contributed by atoms with Crippen LogP contribution in [0.3, 0.4) is 0 Å². The van der Waals surface area contributed by atoms with Crippen LogP contribution in [0.15, 0.2) is 22.7 Å². The first kappa shape index (κ1) is 23.6. The van der Waals surface area contributed by atoms with Crippen molar-refractivity contribution >= 4 is 39.5 Å². The van der Waals surface area contributed by atoms with Gasteiger partial charge in [-0.2, -0.15) is 0 Å². The van der Waals surface area contributed by atoms with Crippen molar-refractivity contribution in [1.29, 1.82) is 0 Å². The third-order valence-electron chi connectivity index (χ3n) is 2.91. The Morgan fingerprint density at radius 3 is 2.40 bits per heavy atom. The first-order valence-electron chi connectivity index (χ1n) is 7.63. The topological polar surface area (TPSA) is 105 Å². The molecule has 0 radical (unpaired) electrons. The van der Waals surface area contributed by atoms with Gasteiger partial charge < -0.3 is 25.0 Å². The molecule has 9 heteroatoms. The fourth-order valence-corrected chi connectivity index (χ4v) is 2.22. The largest absolute Gasteiger partial charge is 0.490 e. The van der Waals surface area contributed by atoms with Crippen LogP contribution in [0.25, 0.3) is 0 Å². The second-order valence-corrected chi connectivity index (χ2v) is 6.20. The third kappa shape index (κ3) is 12.6. The molecule has 0 saturated heterocycles. The number of aliphatic carboxylic acids is 2. The summed E-state index contributed by atoms with van der Waals surface area (Å²) in [6.07, 6.45) is 1.13. The van der Waals surface area contributed by atoms with Crippen molar-refractivity contribution in [2.24, 2.45) is 0 Å². The summed E-state index contributed by atoms with van der Waals surface area (Å²) in [5.41, 5.74) is 0. The van der Waals surface area contributed by atoms with E-state index in [0.29, 0.717) is 30.9 Å². The molecule has 1 rings (SSSR count). The number of carboxylic acids is 2. The Hall–Kier alpha value is -1.35. The highest BCUT2D eigenvalue weighted by Gasteiger charge is 2.04. The van der Waals surface area contributed by atoms with Crippen molar-refractivity contribution in [3.05, 3.63) is 27.7 Å². The van der Waals surface area contributed by atoms with E-state index in [2.05, 4.69) is 35.1 Å². The maximum absolute atomic E-state index is 9.10. The Labute approximate surface area is 160 Å². The zero-order valence-corrected chi connectivity index (χ0v) is 16.5. The van der Waals surface area contributed by atoms with Crippen LogP contribution in [0.4, 0.5) is 0 Å². The molecule has 0 spiro atoms. The second kappa shape index (κ2) is 13.9. The molecule has 1 unspecified atom stereocenters. The predicted octanol–water partition coefficient (Wildman–Crippen LogP) is 3.04. The van der Waals surface area contributed by atoms with Gasteiger partial charge in [-0.1, -0.05) is 18.5 Å². The average Bonchev–Trinajstić information content (AvgIpc) is 2.55. The van der Waals surface area contributed by atoms with E-state index in [1.54, 1.807) is 6.07 Å². The van der Waals surface area contributed by atoms with Gasteiger partial charge in [0.25, 0.3) is 0 Å². The lowest BCUT2D eigenvalue weighted by molar-refractivity contribution is -0.159. The van der Waals surface area contributed by atoms with Crippen molar-refractivity contribution in [2.45, 2.75) is 26.3 Å². The number of carbonyl (C=O) groups is 2. The Balaban J connectivity index is 0.000000823. The minimum atomic E-state index is -1.82. The number of nitrogens with one attached hydrogen (secondary N) is 1. The molecule has 7 nitrogen and oxygen atoms in total. The van der Waals surface area contributed by atoms with Crippen LogP contribution < -0.4 is 10.1 Å². The van der Waals surface area contributed by atoms with Crippen LogP contribution in [0.5, 0.6) is 5.75 Å². The Morgan fingerprint density at radius 2 is 1.88 bits per heavy atom. The minimum Gasteiger partial charge on any atom is -0.490 e. The molecule has 1 aromatic carbocycles. The SMILES string of the molecule is CCC(C)NCCOCCOc1ccc(Cl)cc1Br.O=C(O)C(=O)O. The quantitative estimate of drug-likeness (QED) is 0.400. The van der Waals surface area contributed by atoms with Gasteiger partial charge in [-0.25, -0.2) is 9.59 Å². The van der Waals surface area contributed by atoms with Crippen molar-refractivity contribution in [1.82, 2.24) is 5.32 Å². The van der Waals surface area contributed by atoms with E-state index in [-0.39, 0.29) is 0 Å². The van der Waals surface area contributed by atoms with Gasteiger partial charge in [-0.3, -0.25) is 0 Å². The summed E-state index contributed by atoms with van der Waals surface area (Å²) in [6, 6.07) is 6.01. The first-order valence-corrected chi connectivity index (χ1v) is 8.80. The van der Waals surface area contributed by atoms with E-state index in [4.69, 9.17) is 40.9 Å². The van der Waals surface area contributed by atoms with Crippen LogP contribution in [0.1, 0.15) is 20.3 Å². The summed E-state index contributed by atoms with van der Waals surface area (Å²) >= 11 is 9.26. The van der Waals surface area contributed by atoms with Gasteiger partial charge in [0, 0.05) is 17.6 Å². The number of halogens is 2. The summed E-state index contributed by atoms with van der Waals surface area (Å²) in [4.78, 5) is 18.2. The van der Waals surface area contributed by atoms with Crippen LogP contribution in [-0.2, 0) is 14.3 Å². The summed E-state index contributed by atoms with van der Waals surface area (Å²) < 4.78 is 11.9. The summed E-state index contributed by atoms with van der Waals surface area (Å²) in [5.74, 6) is -2.87. The van der Waals surface area contributed by atoms with Crippen molar-refractivity contribution in [3.63, 3.8) is 0 Å². The number of ether oxygens (including phenoxy) is 2. The fourth-order valence-electron chi connectivity index (χ4n) is 1.43. The molecular weight excluding hydrogens is 418 g/mol. The Kier molecular flexibility index (Phi) is 13.1. The van der Waals surface area contributed by atoms with E-state index in [1.807, 2.05) is 12.1 Å². The van der Waals surface area contributed by atoms with E-state index in [1.165, 1.54) is 0 Å². The van der Waals surface area contributed by atoms with E-state index in [9.17, 15) is 0 Å². The summed E-state index contributed by atoms with van der Waals surface area (Å²) in [7, 11) is 0. The Morgan fingerprint density at radius 1 is 1.24 bits per heavy atom. The lowest BCUT2D eigenvalue weighted by Crippen LogP contribution is -2.29. The maximum Gasteiger partial charge on any atom is 0.414 e. The molecule has 0 aliphatic carbocycles. The van der Waals surface area contributed by atoms with Gasteiger partial charge >= 0.3 is 11.9 Å². The first-order chi connectivity index (χ1) is 11.8. The molecule has 142 valence electrons. The lowest BCUT2D eigenvalue weighted by atomic mass is 10.3. The van der Waals surface area contributed by atoms with E-state index >= 15 is 0 Å². The van der Waals surface area contributed by atoms with Crippen molar-refractivity contribution in [2.75, 3.05) is 26.4 Å². The zero-order valence-electron chi connectivity index (χ0n) is 14.1. The molecular formula is C16H23BrClNO6. The van der Waals surface area contributed by atoms with Crippen LogP contribution in [0, 0.1) is 0 Å². The second-order valence-electron chi connectivity index (χ2n) is 4.91. The zero-order chi connectivity index (χ0) is 19.2. The number of hydrogen-bond donors (Lipinski definition) is 3.